The third-order valence-corrected chi connectivity index (χ3v) is 4.13. The molecule has 104 valence electrons. The molecule has 0 bridgehead atoms. The summed E-state index contributed by atoms with van der Waals surface area (Å²) in [6, 6.07) is 13.6. The van der Waals surface area contributed by atoms with E-state index >= 15 is 0 Å². The van der Waals surface area contributed by atoms with Gasteiger partial charge in [0.2, 0.25) is 23.4 Å². The van der Waals surface area contributed by atoms with Gasteiger partial charge in [-0.2, -0.15) is 4.57 Å². The smallest absolute Gasteiger partial charge is 0.270 e. The minimum atomic E-state index is -0.496. The average molecular weight is 299 g/mol. The van der Waals surface area contributed by atoms with E-state index < -0.39 is 4.92 Å². The number of nitro benzene ring substituents is 1. The Labute approximate surface area is 124 Å². The molecule has 0 aliphatic heterocycles. The van der Waals surface area contributed by atoms with Crippen LogP contribution in [0.1, 0.15) is 10.4 Å². The number of fused-ring (bicyclic) bond motifs is 1. The van der Waals surface area contributed by atoms with Crippen molar-refractivity contribution in [3.63, 3.8) is 0 Å². The fraction of sp³-hybridized carbons (Fsp3) is 0.0667. The highest BCUT2D eigenvalue weighted by molar-refractivity contribution is 7.16. The van der Waals surface area contributed by atoms with E-state index in [4.69, 9.17) is 0 Å². The Kier molecular flexibility index (Phi) is 3.45. The number of nitrogens with zero attached hydrogens (tertiary/aromatic N) is 2. The van der Waals surface area contributed by atoms with E-state index in [0.29, 0.717) is 5.56 Å². The van der Waals surface area contributed by atoms with Gasteiger partial charge in [0, 0.05) is 23.8 Å². The van der Waals surface area contributed by atoms with Gasteiger partial charge in [-0.1, -0.05) is 35.6 Å². The lowest BCUT2D eigenvalue weighted by atomic mass is 10.1. The van der Waals surface area contributed by atoms with Crippen molar-refractivity contribution in [1.29, 1.82) is 0 Å². The number of aromatic nitrogens is 1. The highest BCUT2D eigenvalue weighted by atomic mass is 32.1. The molecule has 3 rings (SSSR count). The lowest BCUT2D eigenvalue weighted by Gasteiger charge is -1.98. The molecule has 0 N–H and O–H groups in total. The van der Waals surface area contributed by atoms with Gasteiger partial charge in [-0.05, 0) is 6.07 Å². The zero-order valence-corrected chi connectivity index (χ0v) is 11.7. The lowest BCUT2D eigenvalue weighted by Crippen LogP contribution is -2.36. The Morgan fingerprint density at radius 3 is 2.81 bits per heavy atom. The largest absolute Gasteiger partial charge is 0.287 e. The number of carbonyl (C=O) groups is 1. The van der Waals surface area contributed by atoms with Crippen molar-refractivity contribution in [2.45, 2.75) is 6.54 Å². The molecule has 0 saturated heterocycles. The third-order valence-electron chi connectivity index (χ3n) is 3.17. The zero-order chi connectivity index (χ0) is 14.8. The van der Waals surface area contributed by atoms with Crippen LogP contribution in [0.2, 0.25) is 0 Å². The van der Waals surface area contributed by atoms with Crippen LogP contribution in [0.25, 0.3) is 10.2 Å². The number of non-ortho nitro benzene ring substituents is 1. The molecular weight excluding hydrogens is 288 g/mol. The number of rotatable bonds is 4. The second-order valence-corrected chi connectivity index (χ2v) is 5.44. The number of para-hydroxylation sites is 1. The molecule has 0 spiro atoms. The second kappa shape index (κ2) is 5.41. The van der Waals surface area contributed by atoms with E-state index in [-0.39, 0.29) is 18.0 Å². The van der Waals surface area contributed by atoms with Crippen LogP contribution in [-0.4, -0.2) is 10.7 Å². The van der Waals surface area contributed by atoms with Crippen LogP contribution in [0.4, 0.5) is 5.69 Å². The van der Waals surface area contributed by atoms with Gasteiger partial charge >= 0.3 is 0 Å². The van der Waals surface area contributed by atoms with Gasteiger partial charge in [-0.3, -0.25) is 14.9 Å². The number of hydrogen-bond donors (Lipinski definition) is 0. The summed E-state index contributed by atoms with van der Waals surface area (Å²) in [5, 5.41) is 10.8. The van der Waals surface area contributed by atoms with Gasteiger partial charge in [0.1, 0.15) is 4.70 Å². The standard InChI is InChI=1S/C15H11N2O3S/c18-14(11-4-3-5-12(8-11)17(19)20)9-16-10-21-15-7-2-1-6-13(15)16/h1-8,10H,9H2/q+1. The Morgan fingerprint density at radius 2 is 2.00 bits per heavy atom. The Hall–Kier alpha value is -2.60. The quantitative estimate of drug-likeness (QED) is 0.322. The molecule has 0 amide bonds. The first-order valence-electron chi connectivity index (χ1n) is 6.28. The molecule has 5 nitrogen and oxygen atoms in total. The number of nitro groups is 1. The van der Waals surface area contributed by atoms with Crippen LogP contribution >= 0.6 is 11.3 Å². The minimum Gasteiger partial charge on any atom is -0.287 e. The van der Waals surface area contributed by atoms with Gasteiger partial charge in [-0.15, -0.1) is 0 Å². The predicted molar refractivity (Wildman–Crippen MR) is 79.4 cm³/mol. The minimum absolute atomic E-state index is 0.0685. The van der Waals surface area contributed by atoms with Gasteiger partial charge in [0.15, 0.2) is 0 Å². The maximum Gasteiger partial charge on any atom is 0.270 e. The van der Waals surface area contributed by atoms with Crippen molar-refractivity contribution in [3.8, 4) is 0 Å². The first-order chi connectivity index (χ1) is 10.1. The van der Waals surface area contributed by atoms with E-state index in [2.05, 4.69) is 0 Å². The topological polar surface area (TPSA) is 64.1 Å². The highest BCUT2D eigenvalue weighted by Crippen LogP contribution is 2.16. The van der Waals surface area contributed by atoms with Crippen LogP contribution < -0.4 is 4.57 Å². The van der Waals surface area contributed by atoms with Crippen molar-refractivity contribution in [2.75, 3.05) is 0 Å². The summed E-state index contributed by atoms with van der Waals surface area (Å²) in [5.41, 5.74) is 3.16. The molecule has 6 heteroatoms. The molecule has 0 unspecified atom stereocenters. The molecular formula is C15H11N2O3S+. The second-order valence-electron chi connectivity index (χ2n) is 4.55. The highest BCUT2D eigenvalue weighted by Gasteiger charge is 2.18. The molecule has 0 fully saturated rings. The van der Waals surface area contributed by atoms with Crippen molar-refractivity contribution >= 4 is 33.0 Å². The number of Topliss-reactive ketones (excluding diaryl/α,β-unsaturated/α-hetero) is 1. The Bertz CT molecular complexity index is 842. The molecule has 3 aromatic rings. The SMILES string of the molecule is O=C(C[n+]1csc2ccccc21)c1cccc([N+](=O)[O-])c1. The van der Waals surface area contributed by atoms with Crippen molar-refractivity contribution in [1.82, 2.24) is 0 Å². The van der Waals surface area contributed by atoms with Gasteiger partial charge < -0.3 is 0 Å². The Balaban J connectivity index is 1.89. The predicted octanol–water partition coefficient (Wildman–Crippen LogP) is 2.98. The zero-order valence-electron chi connectivity index (χ0n) is 10.9. The van der Waals surface area contributed by atoms with E-state index in [1.807, 2.05) is 34.3 Å². The van der Waals surface area contributed by atoms with Crippen molar-refractivity contribution in [2.24, 2.45) is 0 Å². The van der Waals surface area contributed by atoms with Crippen LogP contribution in [-0.2, 0) is 6.54 Å². The maximum absolute atomic E-state index is 12.3. The summed E-state index contributed by atoms with van der Waals surface area (Å²) in [5.74, 6) is -0.146. The number of benzene rings is 2. The molecule has 1 heterocycles. The summed E-state index contributed by atoms with van der Waals surface area (Å²) in [7, 11) is 0. The third kappa shape index (κ3) is 2.66. The molecule has 1 aromatic heterocycles. The van der Waals surface area contributed by atoms with Crippen molar-refractivity contribution in [3.05, 3.63) is 69.7 Å². The molecule has 0 aliphatic rings. The van der Waals surface area contributed by atoms with E-state index in [0.717, 1.165) is 10.2 Å². The molecule has 0 atom stereocenters. The normalized spacial score (nSPS) is 10.7. The summed E-state index contributed by atoms with van der Waals surface area (Å²) in [4.78, 5) is 22.6. The fourth-order valence-corrected chi connectivity index (χ4v) is 3.02. The van der Waals surface area contributed by atoms with Crippen LogP contribution in [0.5, 0.6) is 0 Å². The average Bonchev–Trinajstić information content (AvgIpc) is 2.91. The maximum atomic E-state index is 12.3. The first-order valence-corrected chi connectivity index (χ1v) is 7.16. The summed E-state index contributed by atoms with van der Waals surface area (Å²) < 4.78 is 2.96. The first kappa shape index (κ1) is 13.4. The van der Waals surface area contributed by atoms with Gasteiger partial charge in [0.25, 0.3) is 5.69 Å². The summed E-state index contributed by atoms with van der Waals surface area (Å²) in [6.07, 6.45) is 0. The number of ketones is 1. The van der Waals surface area contributed by atoms with Crippen molar-refractivity contribution < 1.29 is 14.3 Å². The summed E-state index contributed by atoms with van der Waals surface area (Å²) in [6.45, 7) is 0.172. The van der Waals surface area contributed by atoms with Crippen LogP contribution in [0, 0.1) is 10.1 Å². The monoisotopic (exact) mass is 299 g/mol. The van der Waals surface area contributed by atoms with E-state index in [1.165, 1.54) is 18.2 Å². The van der Waals surface area contributed by atoms with Crippen LogP contribution in [0.15, 0.2) is 54.0 Å². The Morgan fingerprint density at radius 1 is 1.19 bits per heavy atom. The lowest BCUT2D eigenvalue weighted by molar-refractivity contribution is -0.652. The van der Waals surface area contributed by atoms with Gasteiger partial charge in [0.05, 0.1) is 4.92 Å². The molecule has 0 saturated carbocycles. The summed E-state index contributed by atoms with van der Waals surface area (Å²) >= 11 is 1.56. The molecule has 0 aliphatic carbocycles. The number of carbonyl (C=O) groups excluding carboxylic acids is 1. The molecule has 0 radical (unpaired) electrons. The fourth-order valence-electron chi connectivity index (χ4n) is 2.13. The van der Waals surface area contributed by atoms with E-state index in [1.54, 1.807) is 17.4 Å². The number of thiazole rings is 1. The van der Waals surface area contributed by atoms with Crippen LogP contribution in [0.3, 0.4) is 0 Å². The number of hydrogen-bond acceptors (Lipinski definition) is 4. The molecule has 2 aromatic carbocycles. The van der Waals surface area contributed by atoms with E-state index in [9.17, 15) is 14.9 Å². The molecule has 21 heavy (non-hydrogen) atoms. The van der Waals surface area contributed by atoms with Gasteiger partial charge in [-0.25, -0.2) is 0 Å².